The number of hydrogen-bond acceptors (Lipinski definition) is 3. The van der Waals surface area contributed by atoms with Crippen molar-refractivity contribution in [2.75, 3.05) is 21.1 Å². The third-order valence-corrected chi connectivity index (χ3v) is 2.72. The SMILES string of the molecule is CN[C]1CC(NC)CC(NC)C1. The summed E-state index contributed by atoms with van der Waals surface area (Å²) >= 11 is 0. The van der Waals surface area contributed by atoms with Crippen molar-refractivity contribution in [2.45, 2.75) is 31.3 Å². The minimum absolute atomic E-state index is 0.638. The highest BCUT2D eigenvalue weighted by molar-refractivity contribution is 4.99. The van der Waals surface area contributed by atoms with E-state index >= 15 is 0 Å². The normalized spacial score (nSPS) is 32.2. The number of hydrogen-bond donors (Lipinski definition) is 3. The Morgan fingerprint density at radius 1 is 1.00 bits per heavy atom. The van der Waals surface area contributed by atoms with E-state index in [-0.39, 0.29) is 0 Å². The van der Waals surface area contributed by atoms with Crippen LogP contribution >= 0.6 is 0 Å². The monoisotopic (exact) mass is 170 g/mol. The van der Waals surface area contributed by atoms with Crippen molar-refractivity contribution in [3.05, 3.63) is 6.04 Å². The third kappa shape index (κ3) is 2.44. The van der Waals surface area contributed by atoms with E-state index < -0.39 is 0 Å². The van der Waals surface area contributed by atoms with Gasteiger partial charge in [-0.1, -0.05) is 0 Å². The Balaban J connectivity index is 2.41. The molecule has 2 unspecified atom stereocenters. The first kappa shape index (κ1) is 9.96. The lowest BCUT2D eigenvalue weighted by molar-refractivity contribution is 0.329. The van der Waals surface area contributed by atoms with E-state index in [0.29, 0.717) is 12.1 Å². The van der Waals surface area contributed by atoms with Gasteiger partial charge in [-0.25, -0.2) is 0 Å². The standard InChI is InChI=1S/C9H20N3/c1-10-7-4-8(11-2)6-9(5-7)12-3/h7-8,10-12H,4-6H2,1-3H3. The first-order valence-corrected chi connectivity index (χ1v) is 4.67. The van der Waals surface area contributed by atoms with E-state index in [2.05, 4.69) is 16.0 Å². The third-order valence-electron chi connectivity index (χ3n) is 2.72. The Kier molecular flexibility index (Phi) is 3.98. The molecular formula is C9H20N3. The fourth-order valence-corrected chi connectivity index (χ4v) is 1.83. The van der Waals surface area contributed by atoms with E-state index in [4.69, 9.17) is 0 Å². The zero-order chi connectivity index (χ0) is 8.97. The minimum atomic E-state index is 0.638. The van der Waals surface area contributed by atoms with E-state index in [1.165, 1.54) is 25.3 Å². The highest BCUT2D eigenvalue weighted by Gasteiger charge is 2.26. The summed E-state index contributed by atoms with van der Waals surface area (Å²) in [4.78, 5) is 0. The van der Waals surface area contributed by atoms with Crippen LogP contribution in [0.2, 0.25) is 0 Å². The van der Waals surface area contributed by atoms with E-state index in [0.717, 1.165) is 0 Å². The molecule has 0 aromatic rings. The summed E-state index contributed by atoms with van der Waals surface area (Å²) in [6.45, 7) is 0. The van der Waals surface area contributed by atoms with Crippen LogP contribution in [0.3, 0.4) is 0 Å². The predicted molar refractivity (Wildman–Crippen MR) is 51.8 cm³/mol. The molecule has 2 atom stereocenters. The Morgan fingerprint density at radius 3 is 1.83 bits per heavy atom. The van der Waals surface area contributed by atoms with Crippen molar-refractivity contribution in [3.8, 4) is 0 Å². The molecule has 0 aliphatic heterocycles. The summed E-state index contributed by atoms with van der Waals surface area (Å²) in [5.74, 6) is 0. The molecule has 1 aliphatic rings. The highest BCUT2D eigenvalue weighted by atomic mass is 15.0. The van der Waals surface area contributed by atoms with Crippen molar-refractivity contribution >= 4 is 0 Å². The maximum atomic E-state index is 3.33. The number of nitrogens with one attached hydrogen (secondary N) is 3. The molecule has 0 heterocycles. The molecule has 1 fully saturated rings. The van der Waals surface area contributed by atoms with Crippen LogP contribution in [0.25, 0.3) is 0 Å². The lowest BCUT2D eigenvalue weighted by Crippen LogP contribution is -2.44. The predicted octanol–water partition coefficient (Wildman–Crippen LogP) is 0.0977. The molecule has 1 radical (unpaired) electrons. The van der Waals surface area contributed by atoms with E-state index in [1.54, 1.807) is 0 Å². The first-order valence-electron chi connectivity index (χ1n) is 4.67. The molecule has 0 spiro atoms. The summed E-state index contributed by atoms with van der Waals surface area (Å²) in [5.41, 5.74) is 0. The second-order valence-corrected chi connectivity index (χ2v) is 3.47. The smallest absolute Gasteiger partial charge is 0.0392 e. The fourth-order valence-electron chi connectivity index (χ4n) is 1.83. The van der Waals surface area contributed by atoms with Crippen LogP contribution in [0.4, 0.5) is 0 Å². The second kappa shape index (κ2) is 4.80. The van der Waals surface area contributed by atoms with Gasteiger partial charge in [0.15, 0.2) is 0 Å². The van der Waals surface area contributed by atoms with E-state index in [1.807, 2.05) is 21.1 Å². The zero-order valence-electron chi connectivity index (χ0n) is 8.28. The maximum Gasteiger partial charge on any atom is 0.0392 e. The summed E-state index contributed by atoms with van der Waals surface area (Å²) < 4.78 is 0. The first-order chi connectivity index (χ1) is 5.80. The van der Waals surface area contributed by atoms with Crippen LogP contribution in [-0.4, -0.2) is 33.2 Å². The Hall–Kier alpha value is -0.120. The molecule has 1 aliphatic carbocycles. The molecule has 3 nitrogen and oxygen atoms in total. The van der Waals surface area contributed by atoms with Crippen LogP contribution < -0.4 is 16.0 Å². The molecule has 1 saturated carbocycles. The fraction of sp³-hybridized carbons (Fsp3) is 0.889. The van der Waals surface area contributed by atoms with Crippen molar-refractivity contribution in [1.29, 1.82) is 0 Å². The topological polar surface area (TPSA) is 36.1 Å². The summed E-state index contributed by atoms with van der Waals surface area (Å²) in [5, 5.41) is 9.93. The molecule has 0 amide bonds. The van der Waals surface area contributed by atoms with Crippen molar-refractivity contribution in [1.82, 2.24) is 16.0 Å². The van der Waals surface area contributed by atoms with Crippen LogP contribution in [0.5, 0.6) is 0 Å². The molecule has 12 heavy (non-hydrogen) atoms. The zero-order valence-corrected chi connectivity index (χ0v) is 8.28. The molecular weight excluding hydrogens is 150 g/mol. The van der Waals surface area contributed by atoms with Gasteiger partial charge in [0.25, 0.3) is 0 Å². The molecule has 1 rings (SSSR count). The maximum absolute atomic E-state index is 3.33. The van der Waals surface area contributed by atoms with Gasteiger partial charge in [-0.15, -0.1) is 0 Å². The van der Waals surface area contributed by atoms with Gasteiger partial charge in [0.1, 0.15) is 0 Å². The molecule has 0 aromatic heterocycles. The molecule has 0 aromatic carbocycles. The van der Waals surface area contributed by atoms with Crippen LogP contribution in [0.15, 0.2) is 0 Å². The van der Waals surface area contributed by atoms with Crippen LogP contribution in [0.1, 0.15) is 19.3 Å². The molecule has 0 bridgehead atoms. The highest BCUT2D eigenvalue weighted by Crippen LogP contribution is 2.23. The molecule has 0 saturated heterocycles. The average Bonchev–Trinajstić information content (AvgIpc) is 2.16. The van der Waals surface area contributed by atoms with Gasteiger partial charge in [0.2, 0.25) is 0 Å². The largest absolute Gasteiger partial charge is 0.317 e. The summed E-state index contributed by atoms with van der Waals surface area (Å²) in [7, 11) is 6.09. The number of rotatable bonds is 3. The average molecular weight is 170 g/mol. The van der Waals surface area contributed by atoms with Crippen LogP contribution in [-0.2, 0) is 0 Å². The summed E-state index contributed by atoms with van der Waals surface area (Å²) in [6, 6.07) is 2.73. The van der Waals surface area contributed by atoms with Gasteiger partial charge in [-0.3, -0.25) is 0 Å². The minimum Gasteiger partial charge on any atom is -0.317 e. The lowest BCUT2D eigenvalue weighted by Gasteiger charge is -2.33. The Morgan fingerprint density at radius 2 is 1.50 bits per heavy atom. The quantitative estimate of drug-likeness (QED) is 0.562. The molecule has 3 N–H and O–H groups in total. The summed E-state index contributed by atoms with van der Waals surface area (Å²) in [6.07, 6.45) is 3.58. The molecule has 3 heteroatoms. The van der Waals surface area contributed by atoms with Gasteiger partial charge in [0, 0.05) is 18.1 Å². The second-order valence-electron chi connectivity index (χ2n) is 3.47. The Labute approximate surface area is 75.3 Å². The van der Waals surface area contributed by atoms with Gasteiger partial charge < -0.3 is 16.0 Å². The van der Waals surface area contributed by atoms with Gasteiger partial charge in [-0.05, 0) is 40.4 Å². The van der Waals surface area contributed by atoms with Crippen molar-refractivity contribution in [3.63, 3.8) is 0 Å². The van der Waals surface area contributed by atoms with Gasteiger partial charge in [-0.2, -0.15) is 0 Å². The van der Waals surface area contributed by atoms with Gasteiger partial charge >= 0.3 is 0 Å². The van der Waals surface area contributed by atoms with Crippen LogP contribution in [0, 0.1) is 6.04 Å². The van der Waals surface area contributed by atoms with Gasteiger partial charge in [0.05, 0.1) is 0 Å². The lowest BCUT2D eigenvalue weighted by atomic mass is 9.87. The van der Waals surface area contributed by atoms with E-state index in [9.17, 15) is 0 Å². The van der Waals surface area contributed by atoms with Crippen molar-refractivity contribution in [2.24, 2.45) is 0 Å². The van der Waals surface area contributed by atoms with Crippen molar-refractivity contribution < 1.29 is 0 Å². The molecule has 71 valence electrons. The Bertz CT molecular complexity index is 97.2.